The second kappa shape index (κ2) is 7.95. The van der Waals surface area contributed by atoms with Gasteiger partial charge < -0.3 is 11.5 Å². The first-order valence-corrected chi connectivity index (χ1v) is 10.6. The van der Waals surface area contributed by atoms with Gasteiger partial charge in [0.15, 0.2) is 11.5 Å². The first-order chi connectivity index (χ1) is 14.0. The maximum Gasteiger partial charge on any atom is 0.416 e. The minimum absolute atomic E-state index is 0.0984. The number of oxime groups is 1. The lowest BCUT2D eigenvalue weighted by atomic mass is 9.99. The van der Waals surface area contributed by atoms with Crippen LogP contribution in [0.3, 0.4) is 0 Å². The maximum absolute atomic E-state index is 13.0. The van der Waals surface area contributed by atoms with Crippen LogP contribution >= 0.6 is 11.3 Å². The zero-order chi connectivity index (χ0) is 22.1. The third kappa shape index (κ3) is 4.89. The number of ketones is 1. The Hall–Kier alpha value is -3.12. The number of nitrogens with two attached hydrogens (primary N) is 2. The largest absolute Gasteiger partial charge is 0.416 e. The minimum Gasteiger partial charge on any atom is -0.367 e. The van der Waals surface area contributed by atoms with Gasteiger partial charge in [0.05, 0.1) is 10.4 Å². The van der Waals surface area contributed by atoms with Gasteiger partial charge in [-0.2, -0.15) is 21.6 Å². The molecule has 3 rings (SSSR count). The SMILES string of the molecule is NC(N)=NOS(=O)(=O)CC(=O)c1cc2c(-c3cccc(C(F)(F)F)c3)cccc2s1. The minimum atomic E-state index is -4.50. The summed E-state index contributed by atoms with van der Waals surface area (Å²) in [4.78, 5) is 12.5. The van der Waals surface area contributed by atoms with E-state index in [0.29, 0.717) is 21.2 Å². The predicted octanol–water partition coefficient (Wildman–Crippen LogP) is 3.30. The standard InChI is InChI=1S/C18H14F3N3O4S2/c19-18(20,21)11-4-1-3-10(7-11)12-5-2-6-15-13(12)8-16(29-15)14(25)9-30(26,27)28-24-17(22)23/h1-8H,9H2,(H4,22,23,24). The zero-order valence-electron chi connectivity index (χ0n) is 15.0. The van der Waals surface area contributed by atoms with Crippen molar-refractivity contribution < 1.29 is 30.7 Å². The number of alkyl halides is 3. The van der Waals surface area contributed by atoms with E-state index in [0.717, 1.165) is 23.5 Å². The molecule has 0 aliphatic heterocycles. The summed E-state index contributed by atoms with van der Waals surface area (Å²) in [5, 5.41) is 3.43. The van der Waals surface area contributed by atoms with E-state index in [2.05, 4.69) is 9.44 Å². The van der Waals surface area contributed by atoms with Crippen molar-refractivity contribution in [3.05, 3.63) is 59.0 Å². The van der Waals surface area contributed by atoms with E-state index in [1.807, 2.05) is 0 Å². The third-order valence-corrected chi connectivity index (χ3v) is 5.96. The molecular formula is C18H14F3N3O4S2. The van der Waals surface area contributed by atoms with Gasteiger partial charge in [-0.1, -0.05) is 24.3 Å². The number of fused-ring (bicyclic) bond motifs is 1. The van der Waals surface area contributed by atoms with E-state index in [9.17, 15) is 26.4 Å². The number of benzene rings is 2. The Morgan fingerprint density at radius 3 is 2.47 bits per heavy atom. The second-order valence-corrected chi connectivity index (χ2v) is 8.76. The van der Waals surface area contributed by atoms with Gasteiger partial charge in [-0.25, -0.2) is 0 Å². The molecule has 158 valence electrons. The van der Waals surface area contributed by atoms with Gasteiger partial charge in [0.25, 0.3) is 0 Å². The lowest BCUT2D eigenvalue weighted by Gasteiger charge is -2.09. The van der Waals surface area contributed by atoms with Crippen LogP contribution in [0, 0.1) is 0 Å². The molecule has 0 aliphatic rings. The van der Waals surface area contributed by atoms with Gasteiger partial charge >= 0.3 is 16.3 Å². The van der Waals surface area contributed by atoms with Gasteiger partial charge in [-0.05, 0) is 40.5 Å². The van der Waals surface area contributed by atoms with Crippen LogP contribution in [0.25, 0.3) is 21.2 Å². The molecule has 0 saturated carbocycles. The molecule has 0 atom stereocenters. The molecular weight excluding hydrogens is 443 g/mol. The highest BCUT2D eigenvalue weighted by Crippen LogP contribution is 2.37. The van der Waals surface area contributed by atoms with Gasteiger partial charge in [0, 0.05) is 10.1 Å². The summed E-state index contributed by atoms with van der Waals surface area (Å²) in [6.07, 6.45) is -4.50. The molecule has 0 saturated heterocycles. The van der Waals surface area contributed by atoms with Crippen molar-refractivity contribution in [3.63, 3.8) is 0 Å². The number of rotatable bonds is 6. The van der Waals surface area contributed by atoms with Crippen LogP contribution in [-0.4, -0.2) is 25.9 Å². The fraction of sp³-hybridized carbons (Fsp3) is 0.111. The van der Waals surface area contributed by atoms with Crippen LogP contribution in [0.1, 0.15) is 15.2 Å². The predicted molar refractivity (Wildman–Crippen MR) is 107 cm³/mol. The quantitative estimate of drug-likeness (QED) is 0.253. The van der Waals surface area contributed by atoms with Gasteiger partial charge in [-0.15, -0.1) is 11.3 Å². The average molecular weight is 457 g/mol. The highest BCUT2D eigenvalue weighted by Gasteiger charge is 2.30. The molecule has 0 fully saturated rings. The topological polar surface area (TPSA) is 125 Å². The smallest absolute Gasteiger partial charge is 0.367 e. The number of carbonyl (C=O) groups excluding carboxylic acids is 1. The van der Waals surface area contributed by atoms with Gasteiger partial charge in [0.2, 0.25) is 5.96 Å². The van der Waals surface area contributed by atoms with E-state index >= 15 is 0 Å². The molecule has 3 aromatic rings. The van der Waals surface area contributed by atoms with Crippen molar-refractivity contribution in [1.29, 1.82) is 0 Å². The summed E-state index contributed by atoms with van der Waals surface area (Å²) in [6, 6.07) is 11.2. The summed E-state index contributed by atoms with van der Waals surface area (Å²) in [5.74, 6) is -2.40. The number of halogens is 3. The summed E-state index contributed by atoms with van der Waals surface area (Å²) in [6.45, 7) is 0. The Kier molecular flexibility index (Phi) is 5.72. The monoisotopic (exact) mass is 457 g/mol. The maximum atomic E-state index is 13.0. The van der Waals surface area contributed by atoms with E-state index in [1.165, 1.54) is 18.2 Å². The lowest BCUT2D eigenvalue weighted by Crippen LogP contribution is -2.24. The van der Waals surface area contributed by atoms with Crippen molar-refractivity contribution in [1.82, 2.24) is 0 Å². The summed E-state index contributed by atoms with van der Waals surface area (Å²) in [5.41, 5.74) is 9.97. The average Bonchev–Trinajstić information content (AvgIpc) is 3.10. The number of guanidine groups is 1. The first kappa shape index (κ1) is 21.6. The van der Waals surface area contributed by atoms with E-state index in [4.69, 9.17) is 11.5 Å². The van der Waals surface area contributed by atoms with E-state index < -0.39 is 39.4 Å². The fourth-order valence-corrected chi connectivity index (χ4v) is 4.52. The van der Waals surface area contributed by atoms with Crippen LogP contribution in [0.5, 0.6) is 0 Å². The number of hydrogen-bond acceptors (Lipinski definition) is 6. The van der Waals surface area contributed by atoms with Crippen molar-refractivity contribution in [2.75, 3.05) is 5.75 Å². The number of hydrogen-bond donors (Lipinski definition) is 2. The molecule has 12 heteroatoms. The van der Waals surface area contributed by atoms with Crippen LogP contribution in [0.4, 0.5) is 13.2 Å². The highest BCUT2D eigenvalue weighted by molar-refractivity contribution is 7.87. The van der Waals surface area contributed by atoms with Crippen LogP contribution in [0.2, 0.25) is 0 Å². The molecule has 0 radical (unpaired) electrons. The summed E-state index contributed by atoms with van der Waals surface area (Å²) in [7, 11) is -4.36. The Balaban J connectivity index is 1.97. The lowest BCUT2D eigenvalue weighted by molar-refractivity contribution is -0.137. The molecule has 4 N–H and O–H groups in total. The van der Waals surface area contributed by atoms with Crippen molar-refractivity contribution in [3.8, 4) is 11.1 Å². The number of thiophene rings is 1. The Bertz CT molecular complexity index is 1250. The van der Waals surface area contributed by atoms with E-state index in [-0.39, 0.29) is 4.88 Å². The third-order valence-electron chi connectivity index (χ3n) is 3.90. The summed E-state index contributed by atoms with van der Waals surface area (Å²) >= 11 is 1.01. The van der Waals surface area contributed by atoms with Gasteiger partial charge in [0.1, 0.15) is 0 Å². The molecule has 30 heavy (non-hydrogen) atoms. The number of Topliss-reactive ketones (excluding diaryl/α,β-unsaturated/α-hetero) is 1. The molecule has 1 heterocycles. The number of nitrogens with zero attached hydrogens (tertiary/aromatic N) is 1. The Morgan fingerprint density at radius 2 is 1.80 bits per heavy atom. The first-order valence-electron chi connectivity index (χ1n) is 8.20. The van der Waals surface area contributed by atoms with E-state index in [1.54, 1.807) is 18.2 Å². The molecule has 0 amide bonds. The molecule has 0 spiro atoms. The molecule has 7 nitrogen and oxygen atoms in total. The van der Waals surface area contributed by atoms with Crippen molar-refractivity contribution >= 4 is 43.3 Å². The van der Waals surface area contributed by atoms with Crippen LogP contribution < -0.4 is 11.5 Å². The molecule has 0 unspecified atom stereocenters. The van der Waals surface area contributed by atoms with Crippen LogP contribution in [0.15, 0.2) is 53.7 Å². The van der Waals surface area contributed by atoms with Crippen LogP contribution in [-0.2, 0) is 20.6 Å². The normalized spacial score (nSPS) is 12.0. The fourth-order valence-electron chi connectivity index (χ4n) is 2.67. The second-order valence-electron chi connectivity index (χ2n) is 6.12. The zero-order valence-corrected chi connectivity index (χ0v) is 16.6. The van der Waals surface area contributed by atoms with Crippen molar-refractivity contribution in [2.45, 2.75) is 6.18 Å². The molecule has 0 bridgehead atoms. The molecule has 1 aromatic heterocycles. The van der Waals surface area contributed by atoms with Crippen molar-refractivity contribution in [2.24, 2.45) is 16.6 Å². The molecule has 2 aromatic carbocycles. The molecule has 0 aliphatic carbocycles. The highest BCUT2D eigenvalue weighted by atomic mass is 32.2. The number of carbonyl (C=O) groups is 1. The van der Waals surface area contributed by atoms with Gasteiger partial charge in [-0.3, -0.25) is 9.08 Å². The summed E-state index contributed by atoms with van der Waals surface area (Å²) < 4.78 is 67.5. The Labute approximate surface area is 172 Å². The Morgan fingerprint density at radius 1 is 1.10 bits per heavy atom.